The molecular formula is C12H10ClFN2O2. The van der Waals surface area contributed by atoms with Crippen molar-refractivity contribution in [2.24, 2.45) is 0 Å². The summed E-state index contributed by atoms with van der Waals surface area (Å²) in [6.07, 6.45) is 0.952. The first-order valence-electron chi connectivity index (χ1n) is 5.28. The monoisotopic (exact) mass is 268 g/mol. The maximum Gasteiger partial charge on any atom is 0.260 e. The van der Waals surface area contributed by atoms with Gasteiger partial charge in [-0.1, -0.05) is 12.1 Å². The van der Waals surface area contributed by atoms with Crippen LogP contribution in [0.15, 0.2) is 30.5 Å². The second-order valence-corrected chi connectivity index (χ2v) is 3.61. The largest absolute Gasteiger partial charge is 0.490 e. The smallest absolute Gasteiger partial charge is 0.260 e. The minimum atomic E-state index is -0.689. The average Bonchev–Trinajstić information content (AvgIpc) is 2.36. The molecular weight excluding hydrogens is 259 g/mol. The summed E-state index contributed by atoms with van der Waals surface area (Å²) in [6, 6.07) is 6.92. The van der Waals surface area contributed by atoms with E-state index in [1.807, 2.05) is 6.92 Å². The van der Waals surface area contributed by atoms with E-state index in [0.29, 0.717) is 18.1 Å². The highest BCUT2D eigenvalue weighted by molar-refractivity contribution is 6.28. The Morgan fingerprint density at radius 1 is 1.28 bits per heavy atom. The number of benzene rings is 1. The summed E-state index contributed by atoms with van der Waals surface area (Å²) in [6.45, 7) is 2.33. The number of hydrogen-bond acceptors (Lipinski definition) is 4. The average molecular weight is 269 g/mol. The Kier molecular flexibility index (Phi) is 3.94. The van der Waals surface area contributed by atoms with E-state index in [4.69, 9.17) is 21.1 Å². The molecule has 0 unspecified atom stereocenters. The predicted octanol–water partition coefficient (Wildman–Crippen LogP) is 3.46. The van der Waals surface area contributed by atoms with Crippen LogP contribution in [0.25, 0.3) is 0 Å². The Morgan fingerprint density at radius 2 is 2.00 bits per heavy atom. The van der Waals surface area contributed by atoms with Gasteiger partial charge in [-0.2, -0.15) is 9.37 Å². The maximum absolute atomic E-state index is 13.4. The van der Waals surface area contributed by atoms with E-state index in [-0.39, 0.29) is 11.2 Å². The fourth-order valence-electron chi connectivity index (χ4n) is 1.32. The summed E-state index contributed by atoms with van der Waals surface area (Å²) in [5.41, 5.74) is 0. The van der Waals surface area contributed by atoms with Crippen molar-refractivity contribution in [1.82, 2.24) is 9.97 Å². The van der Waals surface area contributed by atoms with Gasteiger partial charge in [0.1, 0.15) is 0 Å². The Morgan fingerprint density at radius 3 is 2.72 bits per heavy atom. The van der Waals surface area contributed by atoms with Gasteiger partial charge in [-0.25, -0.2) is 4.98 Å². The van der Waals surface area contributed by atoms with Gasteiger partial charge in [0, 0.05) is 0 Å². The van der Waals surface area contributed by atoms with E-state index in [9.17, 15) is 4.39 Å². The van der Waals surface area contributed by atoms with Crippen LogP contribution in [0, 0.1) is 5.82 Å². The molecule has 6 heteroatoms. The summed E-state index contributed by atoms with van der Waals surface area (Å²) in [7, 11) is 0. The number of aromatic nitrogens is 2. The molecule has 0 aliphatic heterocycles. The molecule has 0 atom stereocenters. The SMILES string of the molecule is CCOc1ccccc1Oc1nc(Cl)ncc1F. The first-order chi connectivity index (χ1) is 8.70. The summed E-state index contributed by atoms with van der Waals surface area (Å²) in [5, 5.41) is -0.0831. The van der Waals surface area contributed by atoms with Crippen molar-refractivity contribution >= 4 is 11.6 Å². The molecule has 2 rings (SSSR count). The van der Waals surface area contributed by atoms with Crippen molar-refractivity contribution in [2.45, 2.75) is 6.92 Å². The summed E-state index contributed by atoms with van der Waals surface area (Å²) >= 11 is 5.58. The molecule has 4 nitrogen and oxygen atoms in total. The van der Waals surface area contributed by atoms with Gasteiger partial charge >= 0.3 is 0 Å². The fraction of sp³-hybridized carbons (Fsp3) is 0.167. The van der Waals surface area contributed by atoms with Crippen molar-refractivity contribution in [3.8, 4) is 17.4 Å². The zero-order valence-electron chi connectivity index (χ0n) is 9.56. The third kappa shape index (κ3) is 2.87. The predicted molar refractivity (Wildman–Crippen MR) is 64.7 cm³/mol. The molecule has 1 aromatic heterocycles. The molecule has 1 heterocycles. The van der Waals surface area contributed by atoms with Crippen molar-refractivity contribution in [3.05, 3.63) is 41.6 Å². The van der Waals surface area contributed by atoms with Crippen LogP contribution in [-0.4, -0.2) is 16.6 Å². The van der Waals surface area contributed by atoms with E-state index < -0.39 is 5.82 Å². The number of para-hydroxylation sites is 2. The van der Waals surface area contributed by atoms with Crippen molar-refractivity contribution in [1.29, 1.82) is 0 Å². The van der Waals surface area contributed by atoms with Crippen LogP contribution >= 0.6 is 11.6 Å². The lowest BCUT2D eigenvalue weighted by Gasteiger charge is -2.10. The molecule has 0 amide bonds. The van der Waals surface area contributed by atoms with Crippen LogP contribution in [-0.2, 0) is 0 Å². The number of nitrogens with zero attached hydrogens (tertiary/aromatic N) is 2. The normalized spacial score (nSPS) is 10.2. The summed E-state index contributed by atoms with van der Waals surface area (Å²) < 4.78 is 24.1. The molecule has 1 aromatic carbocycles. The van der Waals surface area contributed by atoms with E-state index in [1.165, 1.54) is 0 Å². The minimum Gasteiger partial charge on any atom is -0.490 e. The Labute approximate surface area is 108 Å². The van der Waals surface area contributed by atoms with Gasteiger partial charge in [0.05, 0.1) is 12.8 Å². The molecule has 0 N–H and O–H groups in total. The quantitative estimate of drug-likeness (QED) is 0.797. The molecule has 0 bridgehead atoms. The lowest BCUT2D eigenvalue weighted by molar-refractivity contribution is 0.316. The number of halogens is 2. The zero-order chi connectivity index (χ0) is 13.0. The maximum atomic E-state index is 13.4. The molecule has 0 saturated heterocycles. The van der Waals surface area contributed by atoms with E-state index in [1.54, 1.807) is 24.3 Å². The van der Waals surface area contributed by atoms with Crippen LogP contribution in [0.1, 0.15) is 6.92 Å². The van der Waals surface area contributed by atoms with E-state index in [2.05, 4.69) is 9.97 Å². The Bertz CT molecular complexity index is 551. The molecule has 0 radical (unpaired) electrons. The first-order valence-corrected chi connectivity index (χ1v) is 5.66. The Hall–Kier alpha value is -1.88. The fourth-order valence-corrected chi connectivity index (χ4v) is 1.44. The van der Waals surface area contributed by atoms with Crippen LogP contribution < -0.4 is 9.47 Å². The van der Waals surface area contributed by atoms with E-state index in [0.717, 1.165) is 6.20 Å². The van der Waals surface area contributed by atoms with Crippen LogP contribution in [0.4, 0.5) is 4.39 Å². The third-order valence-corrected chi connectivity index (χ3v) is 2.22. The van der Waals surface area contributed by atoms with Gasteiger partial charge in [0.25, 0.3) is 5.88 Å². The van der Waals surface area contributed by atoms with Crippen molar-refractivity contribution in [3.63, 3.8) is 0 Å². The highest BCUT2D eigenvalue weighted by atomic mass is 35.5. The van der Waals surface area contributed by atoms with Crippen LogP contribution in [0.2, 0.25) is 5.28 Å². The van der Waals surface area contributed by atoms with Gasteiger partial charge in [0.2, 0.25) is 11.1 Å². The topological polar surface area (TPSA) is 44.2 Å². The van der Waals surface area contributed by atoms with Crippen LogP contribution in [0.3, 0.4) is 0 Å². The van der Waals surface area contributed by atoms with Crippen molar-refractivity contribution < 1.29 is 13.9 Å². The number of rotatable bonds is 4. The van der Waals surface area contributed by atoms with Gasteiger partial charge in [-0.05, 0) is 30.7 Å². The third-order valence-electron chi connectivity index (χ3n) is 2.04. The van der Waals surface area contributed by atoms with Gasteiger partial charge in [-0.15, -0.1) is 0 Å². The highest BCUT2D eigenvalue weighted by Crippen LogP contribution is 2.31. The van der Waals surface area contributed by atoms with Gasteiger partial charge in [0.15, 0.2) is 11.5 Å². The zero-order valence-corrected chi connectivity index (χ0v) is 10.3. The molecule has 94 valence electrons. The van der Waals surface area contributed by atoms with Gasteiger partial charge < -0.3 is 9.47 Å². The molecule has 0 fully saturated rings. The molecule has 0 aliphatic rings. The molecule has 2 aromatic rings. The minimum absolute atomic E-state index is 0.0831. The number of ether oxygens (including phenoxy) is 2. The lowest BCUT2D eigenvalue weighted by Crippen LogP contribution is -1.98. The second-order valence-electron chi connectivity index (χ2n) is 3.27. The van der Waals surface area contributed by atoms with Crippen LogP contribution in [0.5, 0.6) is 17.4 Å². The Balaban J connectivity index is 2.30. The molecule has 0 aliphatic carbocycles. The summed E-state index contributed by atoms with van der Waals surface area (Å²) in [5.74, 6) is -0.0463. The van der Waals surface area contributed by atoms with Crippen molar-refractivity contribution in [2.75, 3.05) is 6.61 Å². The second kappa shape index (κ2) is 5.64. The summed E-state index contributed by atoms with van der Waals surface area (Å²) in [4.78, 5) is 7.18. The standard InChI is InChI=1S/C12H10ClFN2O2/c1-2-17-9-5-3-4-6-10(9)18-11-8(14)7-15-12(13)16-11/h3-7H,2H2,1H3. The van der Waals surface area contributed by atoms with Gasteiger partial charge in [-0.3, -0.25) is 0 Å². The molecule has 0 saturated carbocycles. The lowest BCUT2D eigenvalue weighted by atomic mass is 10.3. The van der Waals surface area contributed by atoms with E-state index >= 15 is 0 Å². The highest BCUT2D eigenvalue weighted by Gasteiger charge is 2.11. The number of hydrogen-bond donors (Lipinski definition) is 0. The molecule has 18 heavy (non-hydrogen) atoms. The first kappa shape index (κ1) is 12.6. The molecule has 0 spiro atoms.